The van der Waals surface area contributed by atoms with E-state index in [-0.39, 0.29) is 23.9 Å². The van der Waals surface area contributed by atoms with Crippen LogP contribution in [0, 0.1) is 0 Å². The van der Waals surface area contributed by atoms with Gasteiger partial charge in [0.05, 0.1) is 43.2 Å². The normalized spacial score (nSPS) is 15.2. The summed E-state index contributed by atoms with van der Waals surface area (Å²) >= 11 is 0. The van der Waals surface area contributed by atoms with Gasteiger partial charge in [-0.1, -0.05) is 6.07 Å². The second kappa shape index (κ2) is 12.5. The van der Waals surface area contributed by atoms with Gasteiger partial charge in [-0.05, 0) is 49.7 Å². The number of carbonyl (C=O) groups excluding carboxylic acids is 2. The van der Waals surface area contributed by atoms with Crippen LogP contribution in [0.5, 0.6) is 23.0 Å². The molecule has 1 spiro atoms. The van der Waals surface area contributed by atoms with Crippen molar-refractivity contribution in [2.75, 3.05) is 26.3 Å². The molecule has 1 N–H and O–H groups in total. The molecule has 1 fully saturated rings. The Hall–Kier alpha value is -5.39. The molecule has 0 aliphatic carbocycles. The number of ether oxygens (including phenoxy) is 4. The van der Waals surface area contributed by atoms with Gasteiger partial charge in [-0.3, -0.25) is 19.3 Å². The van der Waals surface area contributed by atoms with Crippen molar-refractivity contribution in [1.82, 2.24) is 19.7 Å². The highest BCUT2D eigenvalue weighted by Gasteiger charge is 2.44. The van der Waals surface area contributed by atoms with Gasteiger partial charge in [-0.25, -0.2) is 4.79 Å². The van der Waals surface area contributed by atoms with E-state index >= 15 is 0 Å². The predicted octanol–water partition coefficient (Wildman–Crippen LogP) is 5.64. The van der Waals surface area contributed by atoms with E-state index in [0.29, 0.717) is 78.6 Å². The zero-order chi connectivity index (χ0) is 32.4. The lowest BCUT2D eigenvalue weighted by Crippen LogP contribution is -2.52. The van der Waals surface area contributed by atoms with Gasteiger partial charge in [0.2, 0.25) is 0 Å². The van der Waals surface area contributed by atoms with Crippen LogP contribution in [0.25, 0.3) is 22.3 Å². The molecule has 0 bridgehead atoms. The first-order valence-corrected chi connectivity index (χ1v) is 15.1. The van der Waals surface area contributed by atoms with E-state index in [4.69, 9.17) is 24.1 Å². The Morgan fingerprint density at radius 2 is 1.67 bits per heavy atom. The Kier molecular flexibility index (Phi) is 8.35. The summed E-state index contributed by atoms with van der Waals surface area (Å²) in [5.74, 6) is 1.46. The number of aromatic nitrogens is 3. The first kappa shape index (κ1) is 30.6. The number of amides is 1. The summed E-state index contributed by atoms with van der Waals surface area (Å²) in [4.78, 5) is 44.0. The average molecular weight is 627 g/mol. The number of pyridine rings is 1. The van der Waals surface area contributed by atoms with Gasteiger partial charge in [0.25, 0.3) is 5.91 Å². The Morgan fingerprint density at radius 3 is 2.30 bits per heavy atom. The SMILES string of the molecule is CCOc1cc(C(=O)N2CCC3(CC2)CC(=O)c2cc(-c4cncc(OC(=O)O)c4)ccc2O3)cc(OCC)c1-c1cnn(C)c1. The maximum Gasteiger partial charge on any atom is 0.511 e. The van der Waals surface area contributed by atoms with Crippen molar-refractivity contribution in [2.45, 2.75) is 38.7 Å². The van der Waals surface area contributed by atoms with Crippen molar-refractivity contribution in [2.24, 2.45) is 7.05 Å². The van der Waals surface area contributed by atoms with Gasteiger partial charge in [0.15, 0.2) is 11.5 Å². The molecule has 12 nitrogen and oxygen atoms in total. The lowest BCUT2D eigenvalue weighted by Gasteiger charge is -2.44. The van der Waals surface area contributed by atoms with Crippen LogP contribution < -0.4 is 18.9 Å². The van der Waals surface area contributed by atoms with Crippen molar-refractivity contribution >= 4 is 17.8 Å². The van der Waals surface area contributed by atoms with Crippen LogP contribution >= 0.6 is 0 Å². The molecule has 2 aliphatic rings. The molecule has 46 heavy (non-hydrogen) atoms. The fourth-order valence-electron chi connectivity index (χ4n) is 6.07. The maximum absolute atomic E-state index is 13.8. The summed E-state index contributed by atoms with van der Waals surface area (Å²) in [5, 5.41) is 13.2. The van der Waals surface area contributed by atoms with Crippen LogP contribution in [-0.2, 0) is 7.05 Å². The number of carboxylic acid groups (broad SMARTS) is 1. The van der Waals surface area contributed by atoms with E-state index in [0.717, 1.165) is 11.1 Å². The van der Waals surface area contributed by atoms with Crippen LogP contribution in [-0.4, -0.2) is 74.5 Å². The largest absolute Gasteiger partial charge is 0.511 e. The number of hydrogen-bond donors (Lipinski definition) is 1. The van der Waals surface area contributed by atoms with Gasteiger partial charge in [-0.15, -0.1) is 0 Å². The number of hydrogen-bond acceptors (Lipinski definition) is 9. The topological polar surface area (TPSA) is 142 Å². The minimum atomic E-state index is -1.43. The standard InChI is InChI=1S/C34H34N4O8/c1-4-43-29-14-22(15-30(44-5-2)31(29)24-18-36-37(3)20-24)32(40)38-10-8-34(9-11-38)16-27(39)26-13-21(6-7-28(26)46-34)23-12-25(19-35-17-23)45-33(41)42/h6-7,12-15,17-20H,4-5,8-11,16H2,1-3H3,(H,41,42). The average Bonchev–Trinajstić information content (AvgIpc) is 3.46. The summed E-state index contributed by atoms with van der Waals surface area (Å²) in [7, 11) is 1.84. The van der Waals surface area contributed by atoms with Crippen molar-refractivity contribution in [3.05, 3.63) is 72.3 Å². The molecule has 2 aromatic heterocycles. The molecule has 12 heteroatoms. The predicted molar refractivity (Wildman–Crippen MR) is 167 cm³/mol. The number of Topliss-reactive ketones (excluding diaryl/α,β-unsaturated/α-hetero) is 1. The molecule has 4 heterocycles. The fourth-order valence-corrected chi connectivity index (χ4v) is 6.07. The highest BCUT2D eigenvalue weighted by molar-refractivity contribution is 6.01. The van der Waals surface area contributed by atoms with Gasteiger partial charge < -0.3 is 29.0 Å². The Labute approximate surface area is 265 Å². The van der Waals surface area contributed by atoms with Crippen LogP contribution in [0.4, 0.5) is 4.79 Å². The minimum Gasteiger partial charge on any atom is -0.493 e. The summed E-state index contributed by atoms with van der Waals surface area (Å²) < 4.78 is 24.9. The van der Waals surface area contributed by atoms with Gasteiger partial charge >= 0.3 is 6.16 Å². The number of ketones is 1. The van der Waals surface area contributed by atoms with Crippen molar-refractivity contribution < 1.29 is 38.4 Å². The van der Waals surface area contributed by atoms with E-state index in [2.05, 4.69) is 10.1 Å². The highest BCUT2D eigenvalue weighted by Crippen LogP contribution is 2.43. The van der Waals surface area contributed by atoms with Crippen LogP contribution in [0.15, 0.2) is 61.2 Å². The molecule has 0 radical (unpaired) electrons. The zero-order valence-corrected chi connectivity index (χ0v) is 25.8. The Morgan fingerprint density at radius 1 is 0.957 bits per heavy atom. The van der Waals surface area contributed by atoms with Crippen molar-refractivity contribution in [3.8, 4) is 45.3 Å². The summed E-state index contributed by atoms with van der Waals surface area (Å²) in [5.41, 5.74) is 3.07. The lowest BCUT2D eigenvalue weighted by atomic mass is 9.82. The lowest BCUT2D eigenvalue weighted by molar-refractivity contribution is -0.00573. The number of likely N-dealkylation sites (tertiary alicyclic amines) is 1. The first-order valence-electron chi connectivity index (χ1n) is 15.1. The number of fused-ring (bicyclic) bond motifs is 1. The number of benzene rings is 2. The molecule has 4 aromatic rings. The monoisotopic (exact) mass is 626 g/mol. The Balaban J connectivity index is 1.19. The maximum atomic E-state index is 13.8. The summed E-state index contributed by atoms with van der Waals surface area (Å²) in [6, 6.07) is 10.3. The van der Waals surface area contributed by atoms with E-state index in [1.165, 1.54) is 6.20 Å². The highest BCUT2D eigenvalue weighted by atomic mass is 16.7. The summed E-state index contributed by atoms with van der Waals surface area (Å²) in [6.45, 7) is 5.45. The number of carbonyl (C=O) groups is 3. The fraction of sp³-hybridized carbons (Fsp3) is 0.324. The third kappa shape index (κ3) is 6.10. The van der Waals surface area contributed by atoms with E-state index in [1.807, 2.05) is 27.1 Å². The smallest absolute Gasteiger partial charge is 0.493 e. The first-order chi connectivity index (χ1) is 22.2. The second-order valence-electron chi connectivity index (χ2n) is 11.3. The second-order valence-corrected chi connectivity index (χ2v) is 11.3. The molecular weight excluding hydrogens is 592 g/mol. The molecule has 1 saturated heterocycles. The molecule has 0 saturated carbocycles. The van der Waals surface area contributed by atoms with Crippen molar-refractivity contribution in [3.63, 3.8) is 0 Å². The van der Waals surface area contributed by atoms with E-state index in [1.54, 1.807) is 58.4 Å². The number of nitrogens with zero attached hydrogens (tertiary/aromatic N) is 4. The molecule has 6 rings (SSSR count). The third-order valence-corrected chi connectivity index (χ3v) is 8.21. The van der Waals surface area contributed by atoms with Gasteiger partial charge in [0, 0.05) is 62.1 Å². The minimum absolute atomic E-state index is 0.0533. The Bertz CT molecular complexity index is 1780. The van der Waals surface area contributed by atoms with E-state index < -0.39 is 11.8 Å². The van der Waals surface area contributed by atoms with Gasteiger partial charge in [-0.2, -0.15) is 5.10 Å². The number of rotatable bonds is 8. The zero-order valence-electron chi connectivity index (χ0n) is 25.8. The molecular formula is C34H34N4O8. The van der Waals surface area contributed by atoms with Crippen LogP contribution in [0.3, 0.4) is 0 Å². The quantitative estimate of drug-likeness (QED) is 0.244. The molecule has 2 aliphatic heterocycles. The summed E-state index contributed by atoms with van der Waals surface area (Å²) in [6.07, 6.45) is 6.23. The molecule has 2 aromatic carbocycles. The van der Waals surface area contributed by atoms with Gasteiger partial charge in [0.1, 0.15) is 22.8 Å². The van der Waals surface area contributed by atoms with Crippen molar-refractivity contribution in [1.29, 1.82) is 0 Å². The third-order valence-electron chi connectivity index (χ3n) is 8.21. The van der Waals surface area contributed by atoms with Crippen LogP contribution in [0.2, 0.25) is 0 Å². The molecule has 238 valence electrons. The number of piperidine rings is 1. The van der Waals surface area contributed by atoms with E-state index in [9.17, 15) is 14.4 Å². The molecule has 0 atom stereocenters. The molecule has 0 unspecified atom stereocenters. The number of aryl methyl sites for hydroxylation is 1. The van der Waals surface area contributed by atoms with Crippen LogP contribution in [0.1, 0.15) is 53.8 Å². The molecule has 1 amide bonds.